The summed E-state index contributed by atoms with van der Waals surface area (Å²) in [5.41, 5.74) is 7.43. The third-order valence-corrected chi connectivity index (χ3v) is 6.47. The van der Waals surface area contributed by atoms with E-state index in [1.165, 1.54) is 9.80 Å². The number of imide groups is 1. The Hall–Kier alpha value is -2.46. The first kappa shape index (κ1) is 21.8. The molecule has 10 heteroatoms. The van der Waals surface area contributed by atoms with Gasteiger partial charge < -0.3 is 10.6 Å². The molecule has 3 aliphatic rings. The Labute approximate surface area is 177 Å². The molecule has 31 heavy (non-hydrogen) atoms. The van der Waals surface area contributed by atoms with Crippen LogP contribution in [0.4, 0.5) is 13.2 Å². The van der Waals surface area contributed by atoms with Crippen LogP contribution in [0.5, 0.6) is 0 Å². The van der Waals surface area contributed by atoms with E-state index < -0.39 is 30.1 Å². The summed E-state index contributed by atoms with van der Waals surface area (Å²) in [6.45, 7) is 0.627. The van der Waals surface area contributed by atoms with Gasteiger partial charge in [-0.2, -0.15) is 13.2 Å². The summed E-state index contributed by atoms with van der Waals surface area (Å²) >= 11 is 0. The van der Waals surface area contributed by atoms with E-state index in [1.807, 2.05) is 0 Å². The third kappa shape index (κ3) is 4.18. The predicted molar refractivity (Wildman–Crippen MR) is 105 cm³/mol. The highest BCUT2D eigenvalue weighted by molar-refractivity contribution is 6.05. The number of carbonyl (C=O) groups excluding carboxylic acids is 3. The van der Waals surface area contributed by atoms with Crippen LogP contribution in [-0.4, -0.2) is 58.9 Å². The molecule has 2 fully saturated rings. The minimum atomic E-state index is -4.36. The number of hydrogen-bond donors (Lipinski definition) is 2. The van der Waals surface area contributed by atoms with E-state index in [2.05, 4.69) is 5.32 Å². The number of fused-ring (bicyclic) bond motifs is 1. The topological polar surface area (TPSA) is 95.7 Å². The fraction of sp³-hybridized carbons (Fsp3) is 0.571. The summed E-state index contributed by atoms with van der Waals surface area (Å²) < 4.78 is 41.1. The van der Waals surface area contributed by atoms with Crippen LogP contribution in [0, 0.1) is 5.92 Å². The first-order chi connectivity index (χ1) is 14.7. The number of benzene rings is 1. The highest BCUT2D eigenvalue weighted by Crippen LogP contribution is 2.37. The monoisotopic (exact) mass is 438 g/mol. The maximum atomic E-state index is 13.7. The number of nitrogens with zero attached hydrogens (tertiary/aromatic N) is 2. The molecule has 3 heterocycles. The van der Waals surface area contributed by atoms with Crippen molar-refractivity contribution >= 4 is 17.7 Å². The number of rotatable bonds is 4. The number of halogens is 3. The molecule has 3 atom stereocenters. The summed E-state index contributed by atoms with van der Waals surface area (Å²) in [4.78, 5) is 39.2. The average molecular weight is 438 g/mol. The van der Waals surface area contributed by atoms with Crippen molar-refractivity contribution in [3.05, 3.63) is 34.9 Å². The molecule has 0 bridgehead atoms. The SMILES string of the molecule is NC[C@@H]1CCCN(Cc2ccc3c(c2)CN(C2CCC(=O)NC2=O)C3=O)[C@@H]1C(F)(F)F. The number of piperidine rings is 2. The van der Waals surface area contributed by atoms with Crippen molar-refractivity contribution in [2.45, 2.75) is 57.0 Å². The van der Waals surface area contributed by atoms with Crippen LogP contribution in [0.3, 0.4) is 0 Å². The quantitative estimate of drug-likeness (QED) is 0.696. The van der Waals surface area contributed by atoms with Crippen LogP contribution in [0.2, 0.25) is 0 Å². The van der Waals surface area contributed by atoms with E-state index in [9.17, 15) is 27.6 Å². The molecule has 0 aliphatic carbocycles. The number of carbonyl (C=O) groups is 3. The van der Waals surface area contributed by atoms with Gasteiger partial charge in [0, 0.05) is 25.1 Å². The van der Waals surface area contributed by atoms with Gasteiger partial charge in [-0.25, -0.2) is 0 Å². The molecule has 1 aromatic rings. The van der Waals surface area contributed by atoms with Gasteiger partial charge in [0.15, 0.2) is 0 Å². The van der Waals surface area contributed by atoms with Crippen LogP contribution >= 0.6 is 0 Å². The second-order valence-electron chi connectivity index (χ2n) is 8.49. The van der Waals surface area contributed by atoms with Crippen LogP contribution in [0.1, 0.15) is 47.2 Å². The molecule has 2 saturated heterocycles. The maximum absolute atomic E-state index is 13.7. The molecule has 0 saturated carbocycles. The summed E-state index contributed by atoms with van der Waals surface area (Å²) in [5, 5.41) is 2.25. The van der Waals surface area contributed by atoms with Gasteiger partial charge in [-0.1, -0.05) is 12.1 Å². The number of likely N-dealkylation sites (tertiary alicyclic amines) is 1. The van der Waals surface area contributed by atoms with Crippen LogP contribution in [0.25, 0.3) is 0 Å². The number of alkyl halides is 3. The van der Waals surface area contributed by atoms with Crippen LogP contribution in [-0.2, 0) is 22.7 Å². The van der Waals surface area contributed by atoms with Crippen molar-refractivity contribution in [1.29, 1.82) is 0 Å². The molecular weight excluding hydrogens is 413 g/mol. The molecule has 168 valence electrons. The van der Waals surface area contributed by atoms with E-state index in [0.29, 0.717) is 36.1 Å². The Balaban J connectivity index is 1.52. The zero-order chi connectivity index (χ0) is 22.3. The number of hydrogen-bond acceptors (Lipinski definition) is 5. The lowest BCUT2D eigenvalue weighted by Crippen LogP contribution is -2.54. The van der Waals surface area contributed by atoms with E-state index >= 15 is 0 Å². The first-order valence-corrected chi connectivity index (χ1v) is 10.5. The van der Waals surface area contributed by atoms with E-state index in [-0.39, 0.29) is 44.3 Å². The van der Waals surface area contributed by atoms with Gasteiger partial charge in [-0.15, -0.1) is 0 Å². The summed E-state index contributed by atoms with van der Waals surface area (Å²) in [5.74, 6) is -1.78. The van der Waals surface area contributed by atoms with Gasteiger partial charge in [0.2, 0.25) is 11.8 Å². The van der Waals surface area contributed by atoms with Gasteiger partial charge >= 0.3 is 6.18 Å². The highest BCUT2D eigenvalue weighted by Gasteiger charge is 2.49. The second-order valence-corrected chi connectivity index (χ2v) is 8.49. The summed E-state index contributed by atoms with van der Waals surface area (Å²) in [6, 6.07) is 2.73. The lowest BCUT2D eigenvalue weighted by Gasteiger charge is -2.41. The summed E-state index contributed by atoms with van der Waals surface area (Å²) in [6.07, 6.45) is -2.83. The zero-order valence-electron chi connectivity index (χ0n) is 17.0. The molecule has 7 nitrogen and oxygen atoms in total. The van der Waals surface area contributed by atoms with E-state index in [0.717, 1.165) is 0 Å². The third-order valence-electron chi connectivity index (χ3n) is 6.47. The molecular formula is C21H25F3N4O3. The van der Waals surface area contributed by atoms with Crippen LogP contribution in [0.15, 0.2) is 18.2 Å². The van der Waals surface area contributed by atoms with E-state index in [1.54, 1.807) is 18.2 Å². The largest absolute Gasteiger partial charge is 0.404 e. The minimum Gasteiger partial charge on any atom is -0.330 e. The standard InChI is InChI=1S/C21H25F3N4O3/c22-21(23,24)18-13(9-25)2-1-7-27(18)10-12-3-4-15-14(8-12)11-28(20(15)31)16-5-6-17(29)26-19(16)30/h3-4,8,13,16,18H,1-2,5-7,9-11,25H2,(H,26,29,30)/t13-,16?,18-/m0/s1. The van der Waals surface area contributed by atoms with Gasteiger partial charge in [-0.05, 0) is 55.5 Å². The van der Waals surface area contributed by atoms with Gasteiger partial charge in [0.05, 0.1) is 0 Å². The lowest BCUT2D eigenvalue weighted by atomic mass is 9.88. The molecule has 1 aromatic carbocycles. The highest BCUT2D eigenvalue weighted by atomic mass is 19.4. The Morgan fingerprint density at radius 1 is 1.16 bits per heavy atom. The number of amides is 3. The Morgan fingerprint density at radius 2 is 1.94 bits per heavy atom. The van der Waals surface area contributed by atoms with Crippen molar-refractivity contribution in [3.63, 3.8) is 0 Å². The Morgan fingerprint density at radius 3 is 2.61 bits per heavy atom. The molecule has 4 rings (SSSR count). The molecule has 0 aromatic heterocycles. The van der Waals surface area contributed by atoms with Crippen molar-refractivity contribution < 1.29 is 27.6 Å². The fourth-order valence-electron chi connectivity index (χ4n) is 5.01. The van der Waals surface area contributed by atoms with Crippen molar-refractivity contribution in [3.8, 4) is 0 Å². The molecule has 1 unspecified atom stereocenters. The van der Waals surface area contributed by atoms with Crippen LogP contribution < -0.4 is 11.1 Å². The Bertz CT molecular complexity index is 904. The fourth-order valence-corrected chi connectivity index (χ4v) is 5.01. The molecule has 0 radical (unpaired) electrons. The van der Waals surface area contributed by atoms with Crippen molar-refractivity contribution in [1.82, 2.24) is 15.1 Å². The second kappa shape index (κ2) is 8.23. The van der Waals surface area contributed by atoms with Crippen molar-refractivity contribution in [2.75, 3.05) is 13.1 Å². The molecule has 3 amide bonds. The van der Waals surface area contributed by atoms with E-state index in [4.69, 9.17) is 5.73 Å². The predicted octanol–water partition coefficient (Wildman–Crippen LogP) is 1.55. The maximum Gasteiger partial charge on any atom is 0.404 e. The summed E-state index contributed by atoms with van der Waals surface area (Å²) in [7, 11) is 0. The number of nitrogens with one attached hydrogen (secondary N) is 1. The molecule has 3 N–H and O–H groups in total. The molecule has 3 aliphatic heterocycles. The van der Waals surface area contributed by atoms with Gasteiger partial charge in [0.25, 0.3) is 5.91 Å². The zero-order valence-corrected chi connectivity index (χ0v) is 17.0. The van der Waals surface area contributed by atoms with Gasteiger partial charge in [0.1, 0.15) is 12.1 Å². The molecule has 0 spiro atoms. The Kier molecular flexibility index (Phi) is 5.78. The van der Waals surface area contributed by atoms with Gasteiger partial charge in [-0.3, -0.25) is 24.6 Å². The van der Waals surface area contributed by atoms with Crippen molar-refractivity contribution in [2.24, 2.45) is 11.7 Å². The lowest BCUT2D eigenvalue weighted by molar-refractivity contribution is -0.206. The normalized spacial score (nSPS) is 27.4. The average Bonchev–Trinajstić information content (AvgIpc) is 3.02. The smallest absolute Gasteiger partial charge is 0.330 e. The first-order valence-electron chi connectivity index (χ1n) is 10.5. The number of nitrogens with two attached hydrogens (primary N) is 1. The minimum absolute atomic E-state index is 0.0136.